The maximum Gasteiger partial charge on any atom is 0.319 e. The number of nitrogens with one attached hydrogen (secondary N) is 2. The summed E-state index contributed by atoms with van der Waals surface area (Å²) in [5.74, 6) is 0.833. The van der Waals surface area contributed by atoms with Gasteiger partial charge in [0.05, 0.1) is 6.04 Å². The van der Waals surface area contributed by atoms with Crippen LogP contribution in [0.5, 0.6) is 5.75 Å². The molecule has 5 heteroatoms. The molecule has 1 unspecified atom stereocenters. The van der Waals surface area contributed by atoms with Gasteiger partial charge < -0.3 is 15.4 Å². The fraction of sp³-hybridized carbons (Fsp3) is 0.316. The summed E-state index contributed by atoms with van der Waals surface area (Å²) in [5, 5.41) is 6.45. The Hall–Kier alpha value is -2.20. The van der Waals surface area contributed by atoms with Crippen LogP contribution in [0.15, 0.2) is 42.5 Å². The van der Waals surface area contributed by atoms with Gasteiger partial charge in [0, 0.05) is 22.7 Å². The summed E-state index contributed by atoms with van der Waals surface area (Å²) in [6, 6.07) is 12.8. The molecule has 2 amide bonds. The number of hydrogen-bond donors (Lipinski definition) is 2. The van der Waals surface area contributed by atoms with Gasteiger partial charge in [-0.3, -0.25) is 0 Å². The van der Waals surface area contributed by atoms with E-state index in [9.17, 15) is 4.79 Å². The van der Waals surface area contributed by atoms with Gasteiger partial charge in [-0.1, -0.05) is 29.8 Å². The monoisotopic (exact) mass is 344 g/mol. The highest BCUT2D eigenvalue weighted by Gasteiger charge is 2.34. The van der Waals surface area contributed by atoms with Crippen molar-refractivity contribution in [3.8, 4) is 5.75 Å². The number of fused-ring (bicyclic) bond motifs is 1. The quantitative estimate of drug-likeness (QED) is 0.798. The van der Waals surface area contributed by atoms with Crippen LogP contribution < -0.4 is 15.4 Å². The molecule has 2 aromatic carbocycles. The summed E-state index contributed by atoms with van der Waals surface area (Å²) in [5.41, 5.74) is 2.46. The third-order valence-electron chi connectivity index (χ3n) is 4.01. The zero-order valence-corrected chi connectivity index (χ0v) is 14.8. The Morgan fingerprint density at radius 2 is 2.04 bits per heavy atom. The van der Waals surface area contributed by atoms with E-state index in [0.29, 0.717) is 17.1 Å². The number of aryl methyl sites for hydroxylation is 1. The molecule has 4 nitrogen and oxygen atoms in total. The number of anilines is 1. The highest BCUT2D eigenvalue weighted by atomic mass is 35.5. The third kappa shape index (κ3) is 3.82. The first-order chi connectivity index (χ1) is 11.3. The maximum absolute atomic E-state index is 12.4. The van der Waals surface area contributed by atoms with Crippen molar-refractivity contribution in [2.45, 2.75) is 38.8 Å². The summed E-state index contributed by atoms with van der Waals surface area (Å²) in [6.07, 6.45) is 0.700. The third-order valence-corrected chi connectivity index (χ3v) is 4.25. The van der Waals surface area contributed by atoms with Gasteiger partial charge in [0.2, 0.25) is 0 Å². The average molecular weight is 345 g/mol. The molecule has 3 rings (SSSR count). The van der Waals surface area contributed by atoms with Crippen molar-refractivity contribution in [1.82, 2.24) is 5.32 Å². The van der Waals surface area contributed by atoms with Gasteiger partial charge >= 0.3 is 6.03 Å². The van der Waals surface area contributed by atoms with E-state index in [2.05, 4.69) is 10.6 Å². The number of benzene rings is 2. The Morgan fingerprint density at radius 1 is 1.25 bits per heavy atom. The first-order valence-corrected chi connectivity index (χ1v) is 8.33. The van der Waals surface area contributed by atoms with E-state index in [-0.39, 0.29) is 17.7 Å². The van der Waals surface area contributed by atoms with Crippen molar-refractivity contribution in [2.24, 2.45) is 0 Å². The summed E-state index contributed by atoms with van der Waals surface area (Å²) < 4.78 is 6.06. The van der Waals surface area contributed by atoms with Gasteiger partial charge in [0.25, 0.3) is 0 Å². The highest BCUT2D eigenvalue weighted by molar-refractivity contribution is 6.30. The normalized spacial score (nSPS) is 18.2. The fourth-order valence-electron chi connectivity index (χ4n) is 2.98. The van der Waals surface area contributed by atoms with Crippen LogP contribution in [0, 0.1) is 6.92 Å². The maximum atomic E-state index is 12.4. The van der Waals surface area contributed by atoms with Gasteiger partial charge in [-0.25, -0.2) is 4.79 Å². The summed E-state index contributed by atoms with van der Waals surface area (Å²) in [4.78, 5) is 12.4. The Balaban J connectivity index is 1.78. The lowest BCUT2D eigenvalue weighted by Crippen LogP contribution is -2.42. The van der Waals surface area contributed by atoms with Crippen LogP contribution in [-0.4, -0.2) is 11.6 Å². The highest BCUT2D eigenvalue weighted by Crippen LogP contribution is 2.39. The molecule has 1 atom stereocenters. The van der Waals surface area contributed by atoms with Crippen molar-refractivity contribution in [1.29, 1.82) is 0 Å². The van der Waals surface area contributed by atoms with E-state index in [1.165, 1.54) is 0 Å². The molecule has 0 fully saturated rings. The second-order valence-electron chi connectivity index (χ2n) is 6.77. The summed E-state index contributed by atoms with van der Waals surface area (Å²) in [6.45, 7) is 6.09. The van der Waals surface area contributed by atoms with Gasteiger partial charge in [-0.05, 0) is 50.6 Å². The standard InChI is InChI=1S/C19H21ClN2O2/c1-12-7-8-15-16(11-19(2,3)24-17(15)9-12)22-18(23)21-14-6-4-5-13(20)10-14/h4-10,16H,11H2,1-3H3,(H2,21,22,23). The Kier molecular flexibility index (Phi) is 4.41. The molecular weight excluding hydrogens is 324 g/mol. The Morgan fingerprint density at radius 3 is 2.79 bits per heavy atom. The van der Waals surface area contributed by atoms with Gasteiger partial charge in [0.15, 0.2) is 0 Å². The molecule has 126 valence electrons. The topological polar surface area (TPSA) is 50.4 Å². The number of ether oxygens (including phenoxy) is 1. The van der Waals surface area contributed by atoms with Crippen molar-refractivity contribution in [3.05, 3.63) is 58.6 Å². The molecule has 0 spiro atoms. The lowest BCUT2D eigenvalue weighted by molar-refractivity contribution is 0.0682. The second-order valence-corrected chi connectivity index (χ2v) is 7.20. The van der Waals surface area contributed by atoms with Crippen molar-refractivity contribution in [2.75, 3.05) is 5.32 Å². The summed E-state index contributed by atoms with van der Waals surface area (Å²) >= 11 is 5.95. The van der Waals surface area contributed by atoms with Crippen LogP contribution in [0.4, 0.5) is 10.5 Å². The molecule has 0 saturated heterocycles. The number of carbonyl (C=O) groups excluding carboxylic acids is 1. The smallest absolute Gasteiger partial charge is 0.319 e. The number of hydrogen-bond acceptors (Lipinski definition) is 2. The van der Waals surface area contributed by atoms with Gasteiger partial charge in [-0.2, -0.15) is 0 Å². The molecule has 2 aromatic rings. The summed E-state index contributed by atoms with van der Waals surface area (Å²) in [7, 11) is 0. The molecule has 24 heavy (non-hydrogen) atoms. The van der Waals surface area contributed by atoms with E-state index < -0.39 is 0 Å². The number of halogens is 1. The fourth-order valence-corrected chi connectivity index (χ4v) is 3.17. The molecule has 0 bridgehead atoms. The first kappa shape index (κ1) is 16.7. The molecule has 2 N–H and O–H groups in total. The van der Waals surface area contributed by atoms with Gasteiger partial charge in [-0.15, -0.1) is 0 Å². The van der Waals surface area contributed by atoms with Crippen LogP contribution in [0.25, 0.3) is 0 Å². The number of urea groups is 1. The van der Waals surface area contributed by atoms with E-state index in [0.717, 1.165) is 16.9 Å². The molecule has 0 saturated carbocycles. The van der Waals surface area contributed by atoms with Crippen LogP contribution in [-0.2, 0) is 0 Å². The molecular formula is C19H21ClN2O2. The van der Waals surface area contributed by atoms with Crippen LogP contribution in [0.2, 0.25) is 5.02 Å². The van der Waals surface area contributed by atoms with Crippen LogP contribution >= 0.6 is 11.6 Å². The minimum absolute atomic E-state index is 0.108. The predicted molar refractivity (Wildman–Crippen MR) is 96.9 cm³/mol. The zero-order chi connectivity index (χ0) is 17.3. The number of amides is 2. The molecule has 0 aromatic heterocycles. The van der Waals surface area contributed by atoms with Crippen molar-refractivity contribution >= 4 is 23.3 Å². The number of rotatable bonds is 2. The largest absolute Gasteiger partial charge is 0.487 e. The molecule has 1 aliphatic rings. The zero-order valence-electron chi connectivity index (χ0n) is 14.0. The SMILES string of the molecule is Cc1ccc2c(c1)OC(C)(C)CC2NC(=O)Nc1cccc(Cl)c1. The predicted octanol–water partition coefficient (Wildman–Crippen LogP) is 5.07. The van der Waals surface area contributed by atoms with E-state index in [1.807, 2.05) is 39.0 Å². The minimum Gasteiger partial charge on any atom is -0.487 e. The van der Waals surface area contributed by atoms with Gasteiger partial charge in [0.1, 0.15) is 11.4 Å². The lowest BCUT2D eigenvalue weighted by Gasteiger charge is -2.38. The van der Waals surface area contributed by atoms with Crippen LogP contribution in [0.1, 0.15) is 37.4 Å². The van der Waals surface area contributed by atoms with E-state index in [4.69, 9.17) is 16.3 Å². The number of carbonyl (C=O) groups is 1. The average Bonchev–Trinajstić information content (AvgIpc) is 2.45. The van der Waals surface area contributed by atoms with E-state index in [1.54, 1.807) is 24.3 Å². The Bertz CT molecular complexity index is 774. The van der Waals surface area contributed by atoms with E-state index >= 15 is 0 Å². The first-order valence-electron chi connectivity index (χ1n) is 7.95. The molecule has 1 aliphatic heterocycles. The van der Waals surface area contributed by atoms with Crippen molar-refractivity contribution in [3.63, 3.8) is 0 Å². The second kappa shape index (κ2) is 6.36. The molecule has 1 heterocycles. The van der Waals surface area contributed by atoms with Crippen LogP contribution in [0.3, 0.4) is 0 Å². The molecule has 0 radical (unpaired) electrons. The lowest BCUT2D eigenvalue weighted by atomic mass is 9.89. The Labute approximate surface area is 147 Å². The molecule has 0 aliphatic carbocycles. The minimum atomic E-state index is -0.338. The van der Waals surface area contributed by atoms with Crippen molar-refractivity contribution < 1.29 is 9.53 Å².